The molecular formula is C15H17BrN4O. The van der Waals surface area contributed by atoms with Crippen LogP contribution in [-0.4, -0.2) is 9.97 Å². The molecule has 0 amide bonds. The molecule has 1 aliphatic carbocycles. The second-order valence-electron chi connectivity index (χ2n) is 5.20. The van der Waals surface area contributed by atoms with Crippen molar-refractivity contribution >= 4 is 21.7 Å². The van der Waals surface area contributed by atoms with E-state index in [1.54, 1.807) is 0 Å². The summed E-state index contributed by atoms with van der Waals surface area (Å²) in [6.45, 7) is 2.37. The van der Waals surface area contributed by atoms with Crippen molar-refractivity contribution in [2.75, 3.05) is 5.43 Å². The van der Waals surface area contributed by atoms with Crippen LogP contribution in [0.2, 0.25) is 0 Å². The Bertz CT molecular complexity index is 658. The van der Waals surface area contributed by atoms with Crippen LogP contribution in [0.3, 0.4) is 0 Å². The minimum atomic E-state index is 0.450. The number of halogens is 1. The second-order valence-corrected chi connectivity index (χ2v) is 6.11. The van der Waals surface area contributed by atoms with Gasteiger partial charge in [0.25, 0.3) is 0 Å². The summed E-state index contributed by atoms with van der Waals surface area (Å²) in [7, 11) is 0. The van der Waals surface area contributed by atoms with E-state index in [1.807, 2.05) is 31.2 Å². The second kappa shape index (κ2) is 5.99. The van der Waals surface area contributed by atoms with Gasteiger partial charge in [0.2, 0.25) is 5.88 Å². The SMILES string of the molecule is Cc1c(NN)nc(C2CC2)nc1OCc1cccc(Br)c1. The number of aromatic nitrogens is 2. The Morgan fingerprint density at radius 1 is 1.38 bits per heavy atom. The lowest BCUT2D eigenvalue weighted by Gasteiger charge is -2.13. The molecule has 5 nitrogen and oxygen atoms in total. The Kier molecular flexibility index (Phi) is 4.07. The van der Waals surface area contributed by atoms with E-state index < -0.39 is 0 Å². The number of nitrogens with zero attached hydrogens (tertiary/aromatic N) is 2. The summed E-state index contributed by atoms with van der Waals surface area (Å²) in [5, 5.41) is 0. The molecule has 0 unspecified atom stereocenters. The molecule has 0 spiro atoms. The number of hydrazine groups is 1. The molecule has 0 aliphatic heterocycles. The van der Waals surface area contributed by atoms with Crippen molar-refractivity contribution in [2.24, 2.45) is 5.84 Å². The number of rotatable bonds is 5. The summed E-state index contributed by atoms with van der Waals surface area (Å²) in [5.74, 6) is 8.03. The molecule has 21 heavy (non-hydrogen) atoms. The zero-order chi connectivity index (χ0) is 14.8. The standard InChI is InChI=1S/C15H17BrN4O/c1-9-13(20-17)18-14(11-5-6-11)19-15(9)21-8-10-3-2-4-12(16)7-10/h2-4,7,11H,5-6,8,17H2,1H3,(H,18,19,20). The lowest BCUT2D eigenvalue weighted by molar-refractivity contribution is 0.290. The van der Waals surface area contributed by atoms with Gasteiger partial charge < -0.3 is 10.2 Å². The van der Waals surface area contributed by atoms with Crippen LogP contribution in [0, 0.1) is 6.92 Å². The van der Waals surface area contributed by atoms with Crippen molar-refractivity contribution in [2.45, 2.75) is 32.3 Å². The van der Waals surface area contributed by atoms with Crippen LogP contribution >= 0.6 is 15.9 Å². The number of nitrogens with two attached hydrogens (primary N) is 1. The summed E-state index contributed by atoms with van der Waals surface area (Å²) in [6.07, 6.45) is 2.27. The van der Waals surface area contributed by atoms with Gasteiger partial charge in [-0.05, 0) is 37.5 Å². The van der Waals surface area contributed by atoms with E-state index in [2.05, 4.69) is 31.3 Å². The molecule has 1 aromatic carbocycles. The molecular weight excluding hydrogens is 332 g/mol. The molecule has 3 N–H and O–H groups in total. The number of hydrogen-bond acceptors (Lipinski definition) is 5. The largest absolute Gasteiger partial charge is 0.472 e. The summed E-state index contributed by atoms with van der Waals surface area (Å²) < 4.78 is 6.90. The van der Waals surface area contributed by atoms with Crippen LogP contribution in [0.5, 0.6) is 5.88 Å². The molecule has 1 heterocycles. The molecule has 0 bridgehead atoms. The molecule has 0 saturated heterocycles. The highest BCUT2D eigenvalue weighted by Gasteiger charge is 2.28. The molecule has 1 aliphatic rings. The normalized spacial score (nSPS) is 14.0. The van der Waals surface area contributed by atoms with Crippen LogP contribution in [0.15, 0.2) is 28.7 Å². The highest BCUT2D eigenvalue weighted by Crippen LogP contribution is 2.39. The van der Waals surface area contributed by atoms with E-state index in [1.165, 1.54) is 0 Å². The molecule has 110 valence electrons. The summed E-state index contributed by atoms with van der Waals surface area (Å²) in [4.78, 5) is 8.99. The highest BCUT2D eigenvalue weighted by atomic mass is 79.9. The third-order valence-corrected chi connectivity index (χ3v) is 3.96. The van der Waals surface area contributed by atoms with Gasteiger partial charge in [0.05, 0.1) is 5.56 Å². The smallest absolute Gasteiger partial charge is 0.222 e. The van der Waals surface area contributed by atoms with Crippen LogP contribution in [0.4, 0.5) is 5.82 Å². The van der Waals surface area contributed by atoms with Gasteiger partial charge in [-0.25, -0.2) is 10.8 Å². The lowest BCUT2D eigenvalue weighted by Crippen LogP contribution is -2.13. The van der Waals surface area contributed by atoms with Crippen LogP contribution in [0.25, 0.3) is 0 Å². The van der Waals surface area contributed by atoms with E-state index in [0.29, 0.717) is 24.2 Å². The van der Waals surface area contributed by atoms with E-state index in [-0.39, 0.29) is 0 Å². The van der Waals surface area contributed by atoms with Gasteiger partial charge in [0.1, 0.15) is 18.2 Å². The zero-order valence-corrected chi connectivity index (χ0v) is 13.4. The van der Waals surface area contributed by atoms with Gasteiger partial charge in [-0.2, -0.15) is 4.98 Å². The van der Waals surface area contributed by atoms with Crippen molar-refractivity contribution < 1.29 is 4.74 Å². The van der Waals surface area contributed by atoms with Crippen molar-refractivity contribution in [3.8, 4) is 5.88 Å². The predicted molar refractivity (Wildman–Crippen MR) is 85.0 cm³/mol. The Balaban J connectivity index is 1.82. The summed E-state index contributed by atoms with van der Waals surface area (Å²) >= 11 is 3.46. The monoisotopic (exact) mass is 348 g/mol. The number of nitrogen functional groups attached to an aromatic ring is 1. The summed E-state index contributed by atoms with van der Waals surface area (Å²) in [5.41, 5.74) is 4.54. The fraction of sp³-hybridized carbons (Fsp3) is 0.333. The maximum absolute atomic E-state index is 5.87. The minimum absolute atomic E-state index is 0.450. The first-order valence-corrected chi connectivity index (χ1v) is 7.69. The summed E-state index contributed by atoms with van der Waals surface area (Å²) in [6, 6.07) is 8.02. The van der Waals surface area contributed by atoms with Crippen molar-refractivity contribution in [1.82, 2.24) is 9.97 Å². The molecule has 2 aromatic rings. The van der Waals surface area contributed by atoms with Crippen LogP contribution < -0.4 is 16.0 Å². The molecule has 0 radical (unpaired) electrons. The first-order valence-electron chi connectivity index (χ1n) is 6.89. The van der Waals surface area contributed by atoms with E-state index in [0.717, 1.165) is 34.3 Å². The molecule has 0 atom stereocenters. The van der Waals surface area contributed by atoms with Crippen molar-refractivity contribution in [3.05, 3.63) is 45.7 Å². The van der Waals surface area contributed by atoms with Crippen molar-refractivity contribution in [3.63, 3.8) is 0 Å². The zero-order valence-electron chi connectivity index (χ0n) is 11.8. The maximum atomic E-state index is 5.87. The maximum Gasteiger partial charge on any atom is 0.222 e. The highest BCUT2D eigenvalue weighted by molar-refractivity contribution is 9.10. The third-order valence-electron chi connectivity index (χ3n) is 3.46. The topological polar surface area (TPSA) is 73.1 Å². The predicted octanol–water partition coefficient (Wildman–Crippen LogP) is 3.29. The number of hydrogen-bond donors (Lipinski definition) is 2. The molecule has 1 aromatic heterocycles. The number of benzene rings is 1. The van der Waals surface area contributed by atoms with Crippen LogP contribution in [-0.2, 0) is 6.61 Å². The Morgan fingerprint density at radius 3 is 2.86 bits per heavy atom. The quantitative estimate of drug-likeness (QED) is 0.640. The fourth-order valence-corrected chi connectivity index (χ4v) is 2.54. The molecule has 1 saturated carbocycles. The van der Waals surface area contributed by atoms with Gasteiger partial charge in [-0.3, -0.25) is 0 Å². The molecule has 3 rings (SSSR count). The first-order chi connectivity index (χ1) is 10.2. The van der Waals surface area contributed by atoms with Gasteiger partial charge in [0, 0.05) is 10.4 Å². The Hall–Kier alpha value is -1.66. The Labute approximate surface area is 132 Å². The van der Waals surface area contributed by atoms with Gasteiger partial charge in [-0.15, -0.1) is 0 Å². The molecule has 6 heteroatoms. The fourth-order valence-electron chi connectivity index (χ4n) is 2.10. The average Bonchev–Trinajstić information content (AvgIpc) is 3.31. The van der Waals surface area contributed by atoms with Crippen LogP contribution in [0.1, 0.15) is 35.7 Å². The van der Waals surface area contributed by atoms with Crippen molar-refractivity contribution in [1.29, 1.82) is 0 Å². The number of anilines is 1. The lowest BCUT2D eigenvalue weighted by atomic mass is 10.2. The minimum Gasteiger partial charge on any atom is -0.472 e. The van der Waals surface area contributed by atoms with E-state index >= 15 is 0 Å². The number of ether oxygens (including phenoxy) is 1. The van der Waals surface area contributed by atoms with Gasteiger partial charge in [0.15, 0.2) is 0 Å². The van der Waals surface area contributed by atoms with Gasteiger partial charge >= 0.3 is 0 Å². The van der Waals surface area contributed by atoms with E-state index in [9.17, 15) is 0 Å². The average molecular weight is 349 g/mol. The van der Waals surface area contributed by atoms with E-state index in [4.69, 9.17) is 10.6 Å². The Morgan fingerprint density at radius 2 is 2.19 bits per heavy atom. The van der Waals surface area contributed by atoms with Gasteiger partial charge in [-0.1, -0.05) is 28.1 Å². The first kappa shape index (κ1) is 14.3. The third kappa shape index (κ3) is 3.33. The molecule has 1 fully saturated rings. The number of nitrogens with one attached hydrogen (secondary N) is 1.